The van der Waals surface area contributed by atoms with Gasteiger partial charge in [-0.1, -0.05) is 0 Å². The number of sulfone groups is 1. The highest BCUT2D eigenvalue weighted by Gasteiger charge is 2.33. The maximum absolute atomic E-state index is 11.2. The predicted octanol–water partition coefficient (Wildman–Crippen LogP) is 0.714. The van der Waals surface area contributed by atoms with Crippen molar-refractivity contribution in [1.29, 1.82) is 0 Å². The second-order valence-corrected chi connectivity index (χ2v) is 5.93. The molecule has 14 heavy (non-hydrogen) atoms. The van der Waals surface area contributed by atoms with E-state index in [9.17, 15) is 8.42 Å². The topological polar surface area (TPSA) is 73.3 Å². The Labute approximate surface area is 83.0 Å². The van der Waals surface area contributed by atoms with Gasteiger partial charge in [-0.15, -0.1) is 0 Å². The summed E-state index contributed by atoms with van der Waals surface area (Å²) >= 11 is 0. The minimum Gasteiger partial charge on any atom is -0.468 e. The van der Waals surface area contributed by atoms with E-state index in [0.29, 0.717) is 12.2 Å². The molecule has 2 rings (SSSR count). The van der Waals surface area contributed by atoms with E-state index >= 15 is 0 Å². The molecule has 0 aliphatic carbocycles. The second kappa shape index (κ2) is 3.40. The standard InChI is InChI=1S/C9H13NO3S/c10-9(8-2-1-4-13-8)7-3-5-14(11,12)6-7/h1-2,4,7,9H,3,5-6,10H2. The third-order valence-electron chi connectivity index (χ3n) is 2.65. The Morgan fingerprint density at radius 3 is 2.86 bits per heavy atom. The van der Waals surface area contributed by atoms with Gasteiger partial charge in [0, 0.05) is 0 Å². The van der Waals surface area contributed by atoms with E-state index in [1.54, 1.807) is 18.4 Å². The predicted molar refractivity (Wildman–Crippen MR) is 52.4 cm³/mol. The van der Waals surface area contributed by atoms with E-state index in [1.807, 2.05) is 0 Å². The lowest BCUT2D eigenvalue weighted by Gasteiger charge is -2.14. The Morgan fingerprint density at radius 1 is 1.57 bits per heavy atom. The summed E-state index contributed by atoms with van der Waals surface area (Å²) in [6.07, 6.45) is 2.20. The molecule has 1 aromatic rings. The summed E-state index contributed by atoms with van der Waals surface area (Å²) in [5.74, 6) is 1.12. The van der Waals surface area contributed by atoms with Gasteiger partial charge in [-0.25, -0.2) is 8.42 Å². The third-order valence-corrected chi connectivity index (χ3v) is 4.44. The van der Waals surface area contributed by atoms with Gasteiger partial charge in [-0.2, -0.15) is 0 Å². The Kier molecular flexibility index (Phi) is 2.36. The first kappa shape index (κ1) is 9.73. The fourth-order valence-corrected chi connectivity index (χ4v) is 3.68. The van der Waals surface area contributed by atoms with E-state index in [-0.39, 0.29) is 23.5 Å². The number of furan rings is 1. The van der Waals surface area contributed by atoms with Gasteiger partial charge in [0.1, 0.15) is 5.76 Å². The van der Waals surface area contributed by atoms with Crippen LogP contribution in [0.5, 0.6) is 0 Å². The molecule has 0 aromatic carbocycles. The molecule has 1 aliphatic rings. The summed E-state index contributed by atoms with van der Waals surface area (Å²) in [7, 11) is -2.85. The van der Waals surface area contributed by atoms with E-state index in [2.05, 4.69) is 0 Å². The minimum absolute atomic E-state index is 0.00569. The quantitative estimate of drug-likeness (QED) is 0.788. The molecular formula is C9H13NO3S. The maximum atomic E-state index is 11.2. The van der Waals surface area contributed by atoms with Crippen molar-refractivity contribution in [3.63, 3.8) is 0 Å². The van der Waals surface area contributed by atoms with Gasteiger partial charge in [0.05, 0.1) is 23.8 Å². The van der Waals surface area contributed by atoms with Crippen LogP contribution in [0.3, 0.4) is 0 Å². The molecule has 1 aromatic heterocycles. The van der Waals surface area contributed by atoms with Crippen molar-refractivity contribution in [1.82, 2.24) is 0 Å². The zero-order chi connectivity index (χ0) is 10.2. The molecule has 1 aliphatic heterocycles. The van der Waals surface area contributed by atoms with Gasteiger partial charge in [0.2, 0.25) is 0 Å². The van der Waals surface area contributed by atoms with E-state index in [0.717, 1.165) is 0 Å². The van der Waals surface area contributed by atoms with E-state index in [4.69, 9.17) is 10.2 Å². The van der Waals surface area contributed by atoms with Crippen molar-refractivity contribution in [2.75, 3.05) is 11.5 Å². The second-order valence-electron chi connectivity index (χ2n) is 3.70. The number of hydrogen-bond acceptors (Lipinski definition) is 4. The molecule has 0 amide bonds. The normalized spacial score (nSPS) is 27.6. The monoisotopic (exact) mass is 215 g/mol. The molecule has 0 spiro atoms. The summed E-state index contributed by atoms with van der Waals surface area (Å²) in [5.41, 5.74) is 5.91. The molecule has 2 unspecified atom stereocenters. The van der Waals surface area contributed by atoms with Gasteiger partial charge in [-0.05, 0) is 24.5 Å². The summed E-state index contributed by atoms with van der Waals surface area (Å²) in [5, 5.41) is 0. The van der Waals surface area contributed by atoms with E-state index in [1.165, 1.54) is 0 Å². The Morgan fingerprint density at radius 2 is 2.36 bits per heavy atom. The average molecular weight is 215 g/mol. The van der Waals surface area contributed by atoms with Crippen molar-refractivity contribution in [3.8, 4) is 0 Å². The van der Waals surface area contributed by atoms with Gasteiger partial charge in [-0.3, -0.25) is 0 Å². The summed E-state index contributed by atoms with van der Waals surface area (Å²) in [4.78, 5) is 0. The molecule has 2 atom stereocenters. The molecule has 78 valence electrons. The summed E-state index contributed by atoms with van der Waals surface area (Å²) in [6.45, 7) is 0. The zero-order valence-corrected chi connectivity index (χ0v) is 8.53. The highest BCUT2D eigenvalue weighted by atomic mass is 32.2. The first-order chi connectivity index (χ1) is 6.58. The third kappa shape index (κ3) is 1.83. The van der Waals surface area contributed by atoms with Crippen LogP contribution in [0, 0.1) is 5.92 Å². The fourth-order valence-electron chi connectivity index (χ4n) is 1.82. The fraction of sp³-hybridized carbons (Fsp3) is 0.556. The lowest BCUT2D eigenvalue weighted by Crippen LogP contribution is -2.21. The molecule has 0 radical (unpaired) electrons. The molecular weight excluding hydrogens is 202 g/mol. The van der Waals surface area contributed by atoms with Gasteiger partial charge in [0.25, 0.3) is 0 Å². The minimum atomic E-state index is -2.85. The van der Waals surface area contributed by atoms with Crippen LogP contribution in [0.1, 0.15) is 18.2 Å². The Bertz CT molecular complexity index is 396. The van der Waals surface area contributed by atoms with Crippen LogP contribution < -0.4 is 5.73 Å². The van der Waals surface area contributed by atoms with Crippen LogP contribution in [-0.4, -0.2) is 19.9 Å². The highest BCUT2D eigenvalue weighted by molar-refractivity contribution is 7.91. The van der Waals surface area contributed by atoms with Crippen molar-refractivity contribution in [3.05, 3.63) is 24.2 Å². The largest absolute Gasteiger partial charge is 0.468 e. The lowest BCUT2D eigenvalue weighted by molar-refractivity contribution is 0.388. The molecule has 1 fully saturated rings. The molecule has 1 saturated heterocycles. The number of hydrogen-bond donors (Lipinski definition) is 1. The van der Waals surface area contributed by atoms with E-state index < -0.39 is 9.84 Å². The molecule has 4 nitrogen and oxygen atoms in total. The summed E-state index contributed by atoms with van der Waals surface area (Å²) in [6, 6.07) is 3.26. The highest BCUT2D eigenvalue weighted by Crippen LogP contribution is 2.29. The molecule has 5 heteroatoms. The Balaban J connectivity index is 2.11. The Hall–Kier alpha value is -0.810. The SMILES string of the molecule is NC(c1ccco1)C1CCS(=O)(=O)C1. The van der Waals surface area contributed by atoms with Gasteiger partial charge >= 0.3 is 0 Å². The van der Waals surface area contributed by atoms with Gasteiger partial charge < -0.3 is 10.2 Å². The average Bonchev–Trinajstić information content (AvgIpc) is 2.72. The smallest absolute Gasteiger partial charge is 0.150 e. The van der Waals surface area contributed by atoms with Crippen LogP contribution in [0.4, 0.5) is 0 Å². The van der Waals surface area contributed by atoms with Crippen LogP contribution >= 0.6 is 0 Å². The maximum Gasteiger partial charge on any atom is 0.150 e. The molecule has 2 heterocycles. The van der Waals surface area contributed by atoms with Crippen LogP contribution in [0.15, 0.2) is 22.8 Å². The first-order valence-corrected chi connectivity index (χ1v) is 6.40. The zero-order valence-electron chi connectivity index (χ0n) is 7.72. The first-order valence-electron chi connectivity index (χ1n) is 4.58. The van der Waals surface area contributed by atoms with Crippen molar-refractivity contribution in [2.45, 2.75) is 12.5 Å². The van der Waals surface area contributed by atoms with Crippen LogP contribution in [-0.2, 0) is 9.84 Å². The lowest BCUT2D eigenvalue weighted by atomic mass is 9.98. The molecule has 2 N–H and O–H groups in total. The molecule has 0 bridgehead atoms. The van der Waals surface area contributed by atoms with Crippen molar-refractivity contribution < 1.29 is 12.8 Å². The molecule has 0 saturated carbocycles. The van der Waals surface area contributed by atoms with Crippen LogP contribution in [0.25, 0.3) is 0 Å². The van der Waals surface area contributed by atoms with Crippen molar-refractivity contribution in [2.24, 2.45) is 11.7 Å². The number of rotatable bonds is 2. The van der Waals surface area contributed by atoms with Crippen molar-refractivity contribution >= 4 is 9.84 Å². The number of nitrogens with two attached hydrogens (primary N) is 1. The summed E-state index contributed by atoms with van der Waals surface area (Å²) < 4.78 is 27.6. The van der Waals surface area contributed by atoms with Gasteiger partial charge in [0.15, 0.2) is 9.84 Å². The van der Waals surface area contributed by atoms with Crippen LogP contribution in [0.2, 0.25) is 0 Å².